The van der Waals surface area contributed by atoms with Gasteiger partial charge in [0.2, 0.25) is 0 Å². The number of anilines is 1. The fraction of sp³-hybridized carbons (Fsp3) is 0.429. The largest absolute Gasteiger partial charge is 0.496 e. The number of nitrogens with one attached hydrogen (secondary N) is 1. The third-order valence-electron chi connectivity index (χ3n) is 2.93. The van der Waals surface area contributed by atoms with Gasteiger partial charge in [-0.1, -0.05) is 13.0 Å². The highest BCUT2D eigenvalue weighted by Gasteiger charge is 2.11. The van der Waals surface area contributed by atoms with E-state index < -0.39 is 5.97 Å². The second-order valence-corrected chi connectivity index (χ2v) is 4.38. The van der Waals surface area contributed by atoms with Gasteiger partial charge in [0.15, 0.2) is 0 Å². The van der Waals surface area contributed by atoms with Crippen molar-refractivity contribution in [3.8, 4) is 5.75 Å². The third-order valence-corrected chi connectivity index (χ3v) is 2.93. The van der Waals surface area contributed by atoms with Crippen molar-refractivity contribution in [3.05, 3.63) is 23.8 Å². The molecule has 0 saturated carbocycles. The van der Waals surface area contributed by atoms with Gasteiger partial charge in [-0.15, -0.1) is 0 Å². The number of carbonyl (C=O) groups is 2. The lowest BCUT2D eigenvalue weighted by Gasteiger charge is -2.17. The highest BCUT2D eigenvalue weighted by atomic mass is 16.5. The molecule has 0 unspecified atom stereocenters. The van der Waals surface area contributed by atoms with Crippen molar-refractivity contribution in [1.82, 2.24) is 4.90 Å². The summed E-state index contributed by atoms with van der Waals surface area (Å²) >= 11 is 0. The highest BCUT2D eigenvalue weighted by molar-refractivity contribution is 5.89. The molecule has 0 bridgehead atoms. The molecule has 0 radical (unpaired) electrons. The van der Waals surface area contributed by atoms with Crippen LogP contribution >= 0.6 is 0 Å². The number of aliphatic carboxylic acids is 1. The summed E-state index contributed by atoms with van der Waals surface area (Å²) in [5.41, 5.74) is 1.68. The Balaban J connectivity index is 2.68. The van der Waals surface area contributed by atoms with Crippen molar-refractivity contribution < 1.29 is 19.4 Å². The Morgan fingerprint density at radius 1 is 1.40 bits per heavy atom. The molecule has 0 atom stereocenters. The number of ether oxygens (including phenoxy) is 1. The summed E-state index contributed by atoms with van der Waals surface area (Å²) < 4.78 is 5.26. The van der Waals surface area contributed by atoms with Crippen molar-refractivity contribution >= 4 is 17.7 Å². The molecule has 0 aliphatic rings. The molecule has 0 fully saturated rings. The molecular weight excluding hydrogens is 260 g/mol. The average molecular weight is 280 g/mol. The van der Waals surface area contributed by atoms with E-state index in [2.05, 4.69) is 5.32 Å². The van der Waals surface area contributed by atoms with Crippen molar-refractivity contribution in [2.75, 3.05) is 26.0 Å². The van der Waals surface area contributed by atoms with E-state index in [1.165, 1.54) is 4.90 Å². The second kappa shape index (κ2) is 7.37. The molecule has 6 heteroatoms. The monoisotopic (exact) mass is 280 g/mol. The number of nitrogens with zero attached hydrogens (tertiary/aromatic N) is 1. The lowest BCUT2D eigenvalue weighted by atomic mass is 10.1. The number of carboxylic acids is 1. The second-order valence-electron chi connectivity index (χ2n) is 4.38. The minimum absolute atomic E-state index is 0.0813. The van der Waals surface area contributed by atoms with E-state index in [-0.39, 0.29) is 19.0 Å². The highest BCUT2D eigenvalue weighted by Crippen LogP contribution is 2.23. The van der Waals surface area contributed by atoms with Gasteiger partial charge < -0.3 is 20.1 Å². The van der Waals surface area contributed by atoms with E-state index >= 15 is 0 Å². The number of hydrogen-bond acceptors (Lipinski definition) is 3. The van der Waals surface area contributed by atoms with Crippen LogP contribution in [0, 0.1) is 0 Å². The van der Waals surface area contributed by atoms with Gasteiger partial charge in [0.1, 0.15) is 5.75 Å². The average Bonchev–Trinajstić information content (AvgIpc) is 2.44. The summed E-state index contributed by atoms with van der Waals surface area (Å²) in [7, 11) is 3.13. The van der Waals surface area contributed by atoms with Crippen LogP contribution in [-0.2, 0) is 11.2 Å². The van der Waals surface area contributed by atoms with Crippen LogP contribution in [0.2, 0.25) is 0 Å². The third kappa shape index (κ3) is 4.46. The van der Waals surface area contributed by atoms with Crippen LogP contribution in [0.3, 0.4) is 0 Å². The molecule has 0 spiro atoms. The maximum Gasteiger partial charge on any atom is 0.321 e. The molecule has 0 aliphatic carbocycles. The minimum atomic E-state index is -0.932. The molecule has 20 heavy (non-hydrogen) atoms. The Kier molecular flexibility index (Phi) is 5.83. The smallest absolute Gasteiger partial charge is 0.321 e. The van der Waals surface area contributed by atoms with Gasteiger partial charge in [-0.05, 0) is 18.1 Å². The zero-order valence-corrected chi connectivity index (χ0v) is 12.0. The fourth-order valence-corrected chi connectivity index (χ4v) is 1.70. The van der Waals surface area contributed by atoms with Crippen LogP contribution in [0.15, 0.2) is 18.2 Å². The topological polar surface area (TPSA) is 78.9 Å². The van der Waals surface area contributed by atoms with Crippen LogP contribution in [0.5, 0.6) is 5.75 Å². The summed E-state index contributed by atoms with van der Waals surface area (Å²) in [4.78, 5) is 23.7. The molecule has 1 aromatic rings. The normalized spacial score (nSPS) is 9.95. The number of amides is 2. The Hall–Kier alpha value is -2.24. The maximum absolute atomic E-state index is 11.9. The molecule has 110 valence electrons. The zero-order valence-electron chi connectivity index (χ0n) is 12.0. The standard InChI is InChI=1S/C14H20N2O4/c1-4-10-5-6-11(9-12(10)20-3)15-14(19)16(2)8-7-13(17)18/h5-6,9H,4,7-8H2,1-3H3,(H,15,19)(H,17,18). The van der Waals surface area contributed by atoms with Gasteiger partial charge in [-0.25, -0.2) is 4.79 Å². The van der Waals surface area contributed by atoms with Crippen molar-refractivity contribution in [2.45, 2.75) is 19.8 Å². The Morgan fingerprint density at radius 2 is 2.10 bits per heavy atom. The predicted molar refractivity (Wildman–Crippen MR) is 76.3 cm³/mol. The predicted octanol–water partition coefficient (Wildman–Crippen LogP) is 2.20. The number of rotatable bonds is 6. The number of urea groups is 1. The Morgan fingerprint density at radius 3 is 2.65 bits per heavy atom. The number of hydrogen-bond donors (Lipinski definition) is 2. The molecule has 2 N–H and O–H groups in total. The maximum atomic E-state index is 11.9. The molecule has 1 rings (SSSR count). The summed E-state index contributed by atoms with van der Waals surface area (Å²) in [6.45, 7) is 2.18. The van der Waals surface area contributed by atoms with Crippen molar-refractivity contribution in [2.24, 2.45) is 0 Å². The lowest BCUT2D eigenvalue weighted by molar-refractivity contribution is -0.137. The molecule has 0 heterocycles. The molecular formula is C14H20N2O4. The van der Waals surface area contributed by atoms with Crippen LogP contribution in [0.1, 0.15) is 18.9 Å². The lowest BCUT2D eigenvalue weighted by Crippen LogP contribution is -2.33. The molecule has 0 aromatic heterocycles. The number of aryl methyl sites for hydroxylation is 1. The van der Waals surface area contributed by atoms with Crippen LogP contribution in [-0.4, -0.2) is 42.7 Å². The first-order valence-electron chi connectivity index (χ1n) is 6.38. The summed E-state index contributed by atoms with van der Waals surface area (Å²) in [6.07, 6.45) is 0.762. The SMILES string of the molecule is CCc1ccc(NC(=O)N(C)CCC(=O)O)cc1OC. The van der Waals surface area contributed by atoms with E-state index in [1.54, 1.807) is 26.3 Å². The summed E-state index contributed by atoms with van der Waals surface area (Å²) in [6, 6.07) is 5.09. The minimum Gasteiger partial charge on any atom is -0.496 e. The van der Waals surface area contributed by atoms with Crippen LogP contribution in [0.25, 0.3) is 0 Å². The van der Waals surface area contributed by atoms with E-state index in [9.17, 15) is 9.59 Å². The van der Waals surface area contributed by atoms with E-state index in [1.807, 2.05) is 13.0 Å². The number of carboxylic acid groups (broad SMARTS) is 1. The quantitative estimate of drug-likeness (QED) is 0.837. The Bertz CT molecular complexity index is 488. The van der Waals surface area contributed by atoms with E-state index in [4.69, 9.17) is 9.84 Å². The first kappa shape index (κ1) is 15.8. The first-order valence-corrected chi connectivity index (χ1v) is 6.38. The molecule has 6 nitrogen and oxygen atoms in total. The molecule has 1 aromatic carbocycles. The molecule has 2 amide bonds. The van der Waals surface area contributed by atoms with Gasteiger partial charge in [-0.2, -0.15) is 0 Å². The fourth-order valence-electron chi connectivity index (χ4n) is 1.70. The van der Waals surface area contributed by atoms with Crippen LogP contribution < -0.4 is 10.1 Å². The van der Waals surface area contributed by atoms with Gasteiger partial charge in [0.25, 0.3) is 0 Å². The van der Waals surface area contributed by atoms with Crippen molar-refractivity contribution in [1.29, 1.82) is 0 Å². The van der Waals surface area contributed by atoms with Gasteiger partial charge in [0, 0.05) is 25.3 Å². The summed E-state index contributed by atoms with van der Waals surface area (Å²) in [5.74, 6) is -0.211. The van der Waals surface area contributed by atoms with Gasteiger partial charge >= 0.3 is 12.0 Å². The molecule has 0 saturated heterocycles. The van der Waals surface area contributed by atoms with E-state index in [0.717, 1.165) is 17.7 Å². The van der Waals surface area contributed by atoms with Gasteiger partial charge in [-0.3, -0.25) is 4.79 Å². The first-order chi connectivity index (χ1) is 9.47. The van der Waals surface area contributed by atoms with Crippen LogP contribution in [0.4, 0.5) is 10.5 Å². The molecule has 0 aliphatic heterocycles. The Labute approximate surface area is 118 Å². The summed E-state index contributed by atoms with van der Waals surface area (Å²) in [5, 5.41) is 11.3. The van der Waals surface area contributed by atoms with Crippen molar-refractivity contribution in [3.63, 3.8) is 0 Å². The number of benzene rings is 1. The number of methoxy groups -OCH3 is 1. The van der Waals surface area contributed by atoms with E-state index in [0.29, 0.717) is 5.69 Å². The van der Waals surface area contributed by atoms with Gasteiger partial charge in [0.05, 0.1) is 13.5 Å². The number of carbonyl (C=O) groups excluding carboxylic acids is 1. The zero-order chi connectivity index (χ0) is 15.1.